The van der Waals surface area contributed by atoms with Gasteiger partial charge in [0.15, 0.2) is 0 Å². The van der Waals surface area contributed by atoms with Crippen molar-refractivity contribution in [1.29, 1.82) is 0 Å². The van der Waals surface area contributed by atoms with Crippen LogP contribution in [0.1, 0.15) is 22.3 Å². The van der Waals surface area contributed by atoms with Crippen LogP contribution in [0.15, 0.2) is 48.5 Å². The summed E-state index contributed by atoms with van der Waals surface area (Å²) in [6, 6.07) is 12.0. The van der Waals surface area contributed by atoms with Crippen LogP contribution in [0, 0.1) is 11.8 Å². The number of benzene rings is 2. The quantitative estimate of drug-likeness (QED) is 0.905. The zero-order valence-electron chi connectivity index (χ0n) is 14.0. The van der Waals surface area contributed by atoms with Gasteiger partial charge in [0.25, 0.3) is 5.91 Å². The monoisotopic (exact) mass is 360 g/mol. The molecule has 0 aromatic heterocycles. The van der Waals surface area contributed by atoms with Gasteiger partial charge >= 0.3 is 6.18 Å². The van der Waals surface area contributed by atoms with E-state index in [1.54, 1.807) is 35.2 Å². The van der Waals surface area contributed by atoms with E-state index in [1.165, 1.54) is 6.07 Å². The highest BCUT2D eigenvalue weighted by molar-refractivity contribution is 6.01. The predicted octanol–water partition coefficient (Wildman–Crippen LogP) is 3.79. The van der Waals surface area contributed by atoms with Crippen molar-refractivity contribution in [3.05, 3.63) is 59.7 Å². The largest absolute Gasteiger partial charge is 0.416 e. The minimum atomic E-state index is -4.42. The number of likely N-dealkylation sites (tertiary alicyclic amines) is 1. The molecular weight excluding hydrogens is 341 g/mol. The molecule has 1 amide bonds. The molecule has 1 heterocycles. The molecular formula is C20H19F3N2O. The van der Waals surface area contributed by atoms with E-state index in [9.17, 15) is 18.0 Å². The Balaban J connectivity index is 1.71. The maximum atomic E-state index is 13.1. The molecule has 0 bridgehead atoms. The van der Waals surface area contributed by atoms with Gasteiger partial charge in [-0.3, -0.25) is 4.79 Å². The second kappa shape index (κ2) is 6.13. The van der Waals surface area contributed by atoms with Crippen LogP contribution in [0.4, 0.5) is 13.2 Å². The Hall–Kier alpha value is -2.34. The Morgan fingerprint density at radius 2 is 1.92 bits per heavy atom. The molecule has 2 aromatic rings. The fourth-order valence-electron chi connectivity index (χ4n) is 4.05. The van der Waals surface area contributed by atoms with Gasteiger partial charge in [-0.05, 0) is 47.6 Å². The van der Waals surface area contributed by atoms with E-state index in [4.69, 9.17) is 5.73 Å². The molecule has 0 spiro atoms. The third-order valence-corrected chi connectivity index (χ3v) is 5.46. The van der Waals surface area contributed by atoms with Gasteiger partial charge in [-0.1, -0.05) is 30.3 Å². The number of hydrogen-bond acceptors (Lipinski definition) is 2. The first-order chi connectivity index (χ1) is 12.4. The van der Waals surface area contributed by atoms with E-state index in [0.717, 1.165) is 18.6 Å². The normalized spacial score (nSPS) is 24.5. The van der Waals surface area contributed by atoms with Gasteiger partial charge in [-0.2, -0.15) is 13.2 Å². The SMILES string of the molecule is NC[C@@H]1[C@@H]2C[C@@H]2CN1C(=O)c1ccccc1-c1cccc(C(F)(F)F)c1. The molecule has 4 rings (SSSR count). The van der Waals surface area contributed by atoms with Crippen LogP contribution < -0.4 is 5.73 Å². The number of hydrogen-bond donors (Lipinski definition) is 1. The predicted molar refractivity (Wildman–Crippen MR) is 92.4 cm³/mol. The minimum absolute atomic E-state index is 0.0297. The smallest absolute Gasteiger partial charge is 0.334 e. The summed E-state index contributed by atoms with van der Waals surface area (Å²) in [7, 11) is 0. The first-order valence-corrected chi connectivity index (χ1v) is 8.68. The van der Waals surface area contributed by atoms with Crippen LogP contribution in [-0.4, -0.2) is 29.9 Å². The number of nitrogens with zero attached hydrogens (tertiary/aromatic N) is 1. The van der Waals surface area contributed by atoms with Crippen molar-refractivity contribution in [3.8, 4) is 11.1 Å². The highest BCUT2D eigenvalue weighted by atomic mass is 19.4. The molecule has 6 heteroatoms. The van der Waals surface area contributed by atoms with Gasteiger partial charge in [0.05, 0.1) is 5.56 Å². The average molecular weight is 360 g/mol. The number of nitrogens with two attached hydrogens (primary N) is 1. The second-order valence-corrected chi connectivity index (χ2v) is 7.04. The summed E-state index contributed by atoms with van der Waals surface area (Å²) < 4.78 is 39.1. The maximum Gasteiger partial charge on any atom is 0.416 e. The second-order valence-electron chi connectivity index (χ2n) is 7.04. The summed E-state index contributed by atoms with van der Waals surface area (Å²) in [6.07, 6.45) is -3.31. The van der Waals surface area contributed by atoms with Crippen LogP contribution in [0.3, 0.4) is 0 Å². The molecule has 3 atom stereocenters. The molecule has 2 aliphatic rings. The highest BCUT2D eigenvalue weighted by Gasteiger charge is 2.53. The van der Waals surface area contributed by atoms with E-state index in [-0.39, 0.29) is 11.9 Å². The number of halogens is 3. The molecule has 1 aliphatic heterocycles. The molecule has 1 aliphatic carbocycles. The molecule has 2 N–H and O–H groups in total. The van der Waals surface area contributed by atoms with E-state index in [2.05, 4.69) is 0 Å². The van der Waals surface area contributed by atoms with Crippen LogP contribution >= 0.6 is 0 Å². The van der Waals surface area contributed by atoms with Crippen molar-refractivity contribution in [2.45, 2.75) is 18.6 Å². The number of fused-ring (bicyclic) bond motifs is 1. The zero-order chi connectivity index (χ0) is 18.5. The molecule has 0 unspecified atom stereocenters. The Kier molecular flexibility index (Phi) is 4.03. The lowest BCUT2D eigenvalue weighted by Crippen LogP contribution is -2.42. The van der Waals surface area contributed by atoms with E-state index < -0.39 is 11.7 Å². The summed E-state index contributed by atoms with van der Waals surface area (Å²) in [5, 5.41) is 0. The van der Waals surface area contributed by atoms with Gasteiger partial charge in [0, 0.05) is 24.7 Å². The summed E-state index contributed by atoms with van der Waals surface area (Å²) in [6.45, 7) is 1.10. The summed E-state index contributed by atoms with van der Waals surface area (Å²) in [5.41, 5.74) is 6.46. The molecule has 1 saturated carbocycles. The number of carbonyl (C=O) groups is 1. The Bertz CT molecular complexity index is 849. The Morgan fingerprint density at radius 1 is 1.15 bits per heavy atom. The molecule has 136 valence electrons. The number of alkyl halides is 3. The maximum absolute atomic E-state index is 13.1. The number of amides is 1. The lowest BCUT2D eigenvalue weighted by molar-refractivity contribution is -0.137. The van der Waals surface area contributed by atoms with Crippen molar-refractivity contribution in [3.63, 3.8) is 0 Å². The fourth-order valence-corrected chi connectivity index (χ4v) is 4.05. The standard InChI is InChI=1S/C20H19F3N2O/c21-20(22,23)14-5-3-4-12(8-14)15-6-1-2-7-16(15)19(26)25-11-13-9-17(13)18(25)10-24/h1-8,13,17-18H,9-11,24H2/t13-,17-,18-/m1/s1. The lowest BCUT2D eigenvalue weighted by Gasteiger charge is -2.27. The van der Waals surface area contributed by atoms with Gasteiger partial charge in [0.1, 0.15) is 0 Å². The topological polar surface area (TPSA) is 46.3 Å². The van der Waals surface area contributed by atoms with Crippen LogP contribution in [0.2, 0.25) is 0 Å². The van der Waals surface area contributed by atoms with Gasteiger partial charge < -0.3 is 10.6 Å². The molecule has 0 radical (unpaired) electrons. The van der Waals surface area contributed by atoms with Crippen molar-refractivity contribution >= 4 is 5.91 Å². The van der Waals surface area contributed by atoms with Gasteiger partial charge in [-0.25, -0.2) is 0 Å². The third kappa shape index (κ3) is 2.88. The van der Waals surface area contributed by atoms with Crippen molar-refractivity contribution in [1.82, 2.24) is 4.90 Å². The van der Waals surface area contributed by atoms with Crippen LogP contribution in [0.5, 0.6) is 0 Å². The fraction of sp³-hybridized carbons (Fsp3) is 0.350. The Morgan fingerprint density at radius 3 is 2.65 bits per heavy atom. The molecule has 2 aromatic carbocycles. The zero-order valence-corrected chi connectivity index (χ0v) is 14.0. The van der Waals surface area contributed by atoms with Crippen molar-refractivity contribution in [2.24, 2.45) is 17.6 Å². The summed E-state index contributed by atoms with van der Waals surface area (Å²) in [4.78, 5) is 14.9. The van der Waals surface area contributed by atoms with Gasteiger partial charge in [0.2, 0.25) is 0 Å². The van der Waals surface area contributed by atoms with Crippen molar-refractivity contribution in [2.75, 3.05) is 13.1 Å². The lowest BCUT2D eigenvalue weighted by atomic mass is 9.97. The minimum Gasteiger partial charge on any atom is -0.334 e. The summed E-state index contributed by atoms with van der Waals surface area (Å²) in [5.74, 6) is 0.846. The summed E-state index contributed by atoms with van der Waals surface area (Å²) >= 11 is 0. The number of rotatable bonds is 3. The Labute approximate surface area is 149 Å². The molecule has 26 heavy (non-hydrogen) atoms. The van der Waals surface area contributed by atoms with Crippen molar-refractivity contribution < 1.29 is 18.0 Å². The first kappa shape index (κ1) is 17.1. The molecule has 2 fully saturated rings. The average Bonchev–Trinajstić information content (AvgIpc) is 3.31. The van der Waals surface area contributed by atoms with Gasteiger partial charge in [-0.15, -0.1) is 0 Å². The van der Waals surface area contributed by atoms with E-state index in [0.29, 0.717) is 41.6 Å². The molecule has 3 nitrogen and oxygen atoms in total. The first-order valence-electron chi connectivity index (χ1n) is 8.68. The third-order valence-electron chi connectivity index (χ3n) is 5.46. The van der Waals surface area contributed by atoms with E-state index in [1.807, 2.05) is 0 Å². The highest BCUT2D eigenvalue weighted by Crippen LogP contribution is 2.49. The van der Waals surface area contributed by atoms with E-state index >= 15 is 0 Å². The van der Waals surface area contributed by atoms with Crippen LogP contribution in [0.25, 0.3) is 11.1 Å². The molecule has 1 saturated heterocycles. The van der Waals surface area contributed by atoms with Crippen LogP contribution in [-0.2, 0) is 6.18 Å². The number of carbonyl (C=O) groups excluding carboxylic acids is 1. The number of piperidine rings is 1.